The Morgan fingerprint density at radius 3 is 1.82 bits per heavy atom. The highest BCUT2D eigenvalue weighted by Crippen LogP contribution is 2.45. The van der Waals surface area contributed by atoms with Crippen LogP contribution in [0.5, 0.6) is 17.2 Å². The summed E-state index contributed by atoms with van der Waals surface area (Å²) in [6.07, 6.45) is 12.5. The van der Waals surface area contributed by atoms with Gasteiger partial charge >= 0.3 is 0 Å². The molecule has 1 rings (SSSR count). The summed E-state index contributed by atoms with van der Waals surface area (Å²) < 4.78 is 16.6. The third-order valence-electron chi connectivity index (χ3n) is 6.87. The first kappa shape index (κ1) is 29.1. The van der Waals surface area contributed by atoms with E-state index in [4.69, 9.17) is 14.2 Å². The summed E-state index contributed by atoms with van der Waals surface area (Å²) in [6.45, 7) is 8.63. The number of rotatable bonds is 18. The number of nitrogens with zero attached hydrogens (tertiary/aromatic N) is 2. The maximum absolute atomic E-state index is 10.3. The van der Waals surface area contributed by atoms with E-state index in [9.17, 15) is 5.26 Å². The van der Waals surface area contributed by atoms with Crippen LogP contribution in [0.1, 0.15) is 90.5 Å². The van der Waals surface area contributed by atoms with Crippen LogP contribution in [0.15, 0.2) is 12.1 Å². The molecule has 5 nitrogen and oxygen atoms in total. The maximum Gasteiger partial charge on any atom is 0.203 e. The summed E-state index contributed by atoms with van der Waals surface area (Å²) in [4.78, 5) is 2.41. The zero-order valence-electron chi connectivity index (χ0n) is 22.3. The molecule has 1 unspecified atom stereocenters. The summed E-state index contributed by atoms with van der Waals surface area (Å²) in [5.74, 6) is 1.91. The molecule has 33 heavy (non-hydrogen) atoms. The quantitative estimate of drug-likeness (QED) is 0.221. The van der Waals surface area contributed by atoms with Gasteiger partial charge in [0.15, 0.2) is 11.5 Å². The lowest BCUT2D eigenvalue weighted by Crippen LogP contribution is -2.32. The molecule has 0 aliphatic heterocycles. The van der Waals surface area contributed by atoms with E-state index in [-0.39, 0.29) is 5.92 Å². The molecule has 0 fully saturated rings. The largest absolute Gasteiger partial charge is 0.493 e. The normalized spacial score (nSPS) is 13.1. The van der Waals surface area contributed by atoms with Crippen molar-refractivity contribution in [3.8, 4) is 23.3 Å². The van der Waals surface area contributed by atoms with Gasteiger partial charge in [0.25, 0.3) is 0 Å². The summed E-state index contributed by atoms with van der Waals surface area (Å²) in [5, 5.41) is 10.3. The minimum atomic E-state index is -0.605. The van der Waals surface area contributed by atoms with Gasteiger partial charge in [0.05, 0.1) is 32.8 Å². The number of benzene rings is 1. The molecule has 0 heterocycles. The summed E-state index contributed by atoms with van der Waals surface area (Å²) in [7, 11) is 7.03. The highest BCUT2D eigenvalue weighted by atomic mass is 16.5. The Hall–Kier alpha value is -1.93. The molecule has 188 valence electrons. The van der Waals surface area contributed by atoms with Crippen LogP contribution in [-0.2, 0) is 5.41 Å². The van der Waals surface area contributed by atoms with Gasteiger partial charge in [-0.25, -0.2) is 0 Å². The Labute approximate surface area is 203 Å². The number of ether oxygens (including phenoxy) is 3. The second-order valence-electron chi connectivity index (χ2n) is 9.53. The van der Waals surface area contributed by atoms with E-state index in [0.29, 0.717) is 17.2 Å². The van der Waals surface area contributed by atoms with Crippen molar-refractivity contribution in [2.24, 2.45) is 5.92 Å². The lowest BCUT2D eigenvalue weighted by atomic mass is 9.69. The molecule has 0 saturated carbocycles. The Morgan fingerprint density at radius 1 is 0.848 bits per heavy atom. The van der Waals surface area contributed by atoms with Crippen LogP contribution in [-0.4, -0.2) is 46.4 Å². The first-order valence-electron chi connectivity index (χ1n) is 12.8. The molecule has 0 spiro atoms. The second kappa shape index (κ2) is 15.8. The van der Waals surface area contributed by atoms with Crippen molar-refractivity contribution in [1.82, 2.24) is 4.90 Å². The molecular weight excluding hydrogens is 412 g/mol. The minimum absolute atomic E-state index is 0.156. The van der Waals surface area contributed by atoms with Crippen LogP contribution in [0, 0.1) is 17.2 Å². The van der Waals surface area contributed by atoms with Gasteiger partial charge in [0, 0.05) is 0 Å². The predicted molar refractivity (Wildman–Crippen MR) is 138 cm³/mol. The SMILES string of the molecule is CCCCCCCCCCN(C)CCCC(C#N)(c1cc(OC)c(OC)c(OC)c1)C(C)C. The first-order valence-corrected chi connectivity index (χ1v) is 12.8. The predicted octanol–water partition coefficient (Wildman–Crippen LogP) is 6.98. The third kappa shape index (κ3) is 8.74. The van der Waals surface area contributed by atoms with Crippen molar-refractivity contribution in [1.29, 1.82) is 5.26 Å². The maximum atomic E-state index is 10.3. The van der Waals surface area contributed by atoms with Crippen molar-refractivity contribution < 1.29 is 14.2 Å². The Balaban J connectivity index is 2.70. The second-order valence-corrected chi connectivity index (χ2v) is 9.53. The van der Waals surface area contributed by atoms with E-state index in [1.54, 1.807) is 21.3 Å². The number of methoxy groups -OCH3 is 3. The van der Waals surface area contributed by atoms with Crippen LogP contribution >= 0.6 is 0 Å². The summed E-state index contributed by atoms with van der Waals surface area (Å²) >= 11 is 0. The molecule has 0 aliphatic carbocycles. The molecule has 1 atom stereocenters. The van der Waals surface area contributed by atoms with Gasteiger partial charge in [-0.05, 0) is 63.0 Å². The van der Waals surface area contributed by atoms with Gasteiger partial charge in [-0.3, -0.25) is 0 Å². The van der Waals surface area contributed by atoms with Crippen molar-refractivity contribution in [3.05, 3.63) is 17.7 Å². The molecule has 1 aromatic rings. The van der Waals surface area contributed by atoms with Gasteiger partial charge in [-0.15, -0.1) is 0 Å². The average Bonchev–Trinajstić information content (AvgIpc) is 2.82. The average molecular weight is 461 g/mol. The van der Waals surface area contributed by atoms with Crippen molar-refractivity contribution in [2.75, 3.05) is 41.5 Å². The van der Waals surface area contributed by atoms with E-state index in [1.807, 2.05) is 12.1 Å². The van der Waals surface area contributed by atoms with Crippen LogP contribution in [0.25, 0.3) is 0 Å². The monoisotopic (exact) mass is 460 g/mol. The van der Waals surface area contributed by atoms with Crippen LogP contribution in [0.2, 0.25) is 0 Å². The molecule has 0 radical (unpaired) electrons. The van der Waals surface area contributed by atoms with Gasteiger partial charge in [-0.1, -0.05) is 65.7 Å². The van der Waals surface area contributed by atoms with E-state index in [2.05, 4.69) is 38.8 Å². The zero-order valence-corrected chi connectivity index (χ0v) is 22.3. The standard InChI is InChI=1S/C28H48N2O3/c1-8-9-10-11-12-13-14-15-18-30(4)19-16-17-28(22-29,23(2)3)24-20-25(31-5)27(33-7)26(21-24)32-6/h20-21,23H,8-19H2,1-7H3. The lowest BCUT2D eigenvalue weighted by Gasteiger charge is -2.33. The number of hydrogen-bond donors (Lipinski definition) is 0. The highest BCUT2D eigenvalue weighted by Gasteiger charge is 2.37. The molecule has 0 aromatic heterocycles. The number of hydrogen-bond acceptors (Lipinski definition) is 5. The first-order chi connectivity index (χ1) is 15.9. The van der Waals surface area contributed by atoms with Crippen molar-refractivity contribution in [3.63, 3.8) is 0 Å². The topological polar surface area (TPSA) is 54.7 Å². The van der Waals surface area contributed by atoms with Crippen LogP contribution in [0.3, 0.4) is 0 Å². The van der Waals surface area contributed by atoms with Gasteiger partial charge in [-0.2, -0.15) is 5.26 Å². The third-order valence-corrected chi connectivity index (χ3v) is 6.87. The Bertz CT molecular complexity index is 689. The molecule has 5 heteroatoms. The number of unbranched alkanes of at least 4 members (excludes halogenated alkanes) is 7. The fourth-order valence-corrected chi connectivity index (χ4v) is 4.61. The Morgan fingerprint density at radius 2 is 1.36 bits per heavy atom. The van der Waals surface area contributed by atoms with E-state index < -0.39 is 5.41 Å². The summed E-state index contributed by atoms with van der Waals surface area (Å²) in [5.41, 5.74) is 0.326. The highest BCUT2D eigenvalue weighted by molar-refractivity contribution is 5.56. The van der Waals surface area contributed by atoms with Crippen LogP contribution in [0.4, 0.5) is 0 Å². The molecule has 0 aliphatic rings. The molecular formula is C28H48N2O3. The molecule has 1 aromatic carbocycles. The van der Waals surface area contributed by atoms with Crippen LogP contribution < -0.4 is 14.2 Å². The number of nitriles is 1. The zero-order chi connectivity index (χ0) is 24.7. The smallest absolute Gasteiger partial charge is 0.203 e. The fourth-order valence-electron chi connectivity index (χ4n) is 4.61. The molecule has 0 amide bonds. The molecule has 0 bridgehead atoms. The van der Waals surface area contributed by atoms with E-state index in [0.717, 1.165) is 31.5 Å². The van der Waals surface area contributed by atoms with Gasteiger partial charge in [0.1, 0.15) is 0 Å². The lowest BCUT2D eigenvalue weighted by molar-refractivity contribution is 0.284. The van der Waals surface area contributed by atoms with E-state index >= 15 is 0 Å². The molecule has 0 N–H and O–H groups in total. The summed E-state index contributed by atoms with van der Waals surface area (Å²) in [6, 6.07) is 6.53. The van der Waals surface area contributed by atoms with E-state index in [1.165, 1.54) is 51.4 Å². The minimum Gasteiger partial charge on any atom is -0.493 e. The van der Waals surface area contributed by atoms with Crippen molar-refractivity contribution >= 4 is 0 Å². The van der Waals surface area contributed by atoms with Crippen molar-refractivity contribution in [2.45, 2.75) is 90.4 Å². The Kier molecular flexibility index (Phi) is 14.0. The van der Waals surface area contributed by atoms with Gasteiger partial charge < -0.3 is 19.1 Å². The molecule has 0 saturated heterocycles. The fraction of sp³-hybridized carbons (Fsp3) is 0.750. The van der Waals surface area contributed by atoms with Gasteiger partial charge in [0.2, 0.25) is 5.75 Å².